The van der Waals surface area contributed by atoms with Gasteiger partial charge in [-0.15, -0.1) is 0 Å². The summed E-state index contributed by atoms with van der Waals surface area (Å²) in [6, 6.07) is 0. The number of unbranched alkanes of at least 4 members (excludes halogenated alkanes) is 9. The van der Waals surface area contributed by atoms with Crippen molar-refractivity contribution in [3.05, 3.63) is 0 Å². The molecule has 1 unspecified atom stereocenters. The van der Waals surface area contributed by atoms with Crippen LogP contribution in [0.4, 0.5) is 0 Å². The SMILES string of the molecule is CCCCCCCCCCCCC(=O)C1(O)O[C@@H](C)[C@@H](O)[C@@H](O)[C@@H]1O. The van der Waals surface area contributed by atoms with Gasteiger partial charge >= 0.3 is 0 Å². The Kier molecular flexibility index (Phi) is 10.1. The first-order valence-corrected chi connectivity index (χ1v) is 9.82. The van der Waals surface area contributed by atoms with Gasteiger partial charge in [0, 0.05) is 6.42 Å². The van der Waals surface area contributed by atoms with Crippen LogP contribution >= 0.6 is 0 Å². The highest BCUT2D eigenvalue weighted by Gasteiger charge is 2.55. The first kappa shape index (κ1) is 22.5. The minimum atomic E-state index is -2.43. The summed E-state index contributed by atoms with van der Waals surface area (Å²) in [6.07, 6.45) is 5.70. The zero-order chi connectivity index (χ0) is 18.9. The lowest BCUT2D eigenvalue weighted by Gasteiger charge is -2.43. The number of ketones is 1. The molecule has 6 heteroatoms. The average Bonchev–Trinajstić information content (AvgIpc) is 2.59. The second-order valence-corrected chi connectivity index (χ2v) is 7.30. The predicted octanol–water partition coefficient (Wildman–Crippen LogP) is 2.06. The van der Waals surface area contributed by atoms with Gasteiger partial charge in [0.15, 0.2) is 5.78 Å². The molecule has 1 aliphatic heterocycles. The standard InChI is InChI=1S/C19H36O6/c1-3-4-5-6-7-8-9-10-11-12-13-15(20)19(24)18(23)17(22)16(21)14(2)25-19/h14,16-18,21-24H,3-13H2,1-2H3/t14-,16+,17+,18-,19?/m0/s1. The molecule has 0 aromatic heterocycles. The van der Waals surface area contributed by atoms with E-state index in [0.29, 0.717) is 6.42 Å². The summed E-state index contributed by atoms with van der Waals surface area (Å²) < 4.78 is 5.12. The third-order valence-corrected chi connectivity index (χ3v) is 5.08. The smallest absolute Gasteiger partial charge is 0.256 e. The minimum Gasteiger partial charge on any atom is -0.388 e. The Balaban J connectivity index is 2.21. The summed E-state index contributed by atoms with van der Waals surface area (Å²) in [4.78, 5) is 12.2. The summed E-state index contributed by atoms with van der Waals surface area (Å²) in [7, 11) is 0. The molecular formula is C19H36O6. The number of hydrogen-bond acceptors (Lipinski definition) is 6. The molecule has 1 rings (SSSR count). The first-order valence-electron chi connectivity index (χ1n) is 9.82. The highest BCUT2D eigenvalue weighted by atomic mass is 16.7. The first-order chi connectivity index (χ1) is 11.8. The summed E-state index contributed by atoms with van der Waals surface area (Å²) in [5.41, 5.74) is 0. The molecule has 25 heavy (non-hydrogen) atoms. The zero-order valence-corrected chi connectivity index (χ0v) is 15.7. The molecule has 6 nitrogen and oxygen atoms in total. The van der Waals surface area contributed by atoms with E-state index in [2.05, 4.69) is 6.92 Å². The van der Waals surface area contributed by atoms with Gasteiger partial charge in [0.2, 0.25) is 0 Å². The van der Waals surface area contributed by atoms with E-state index in [9.17, 15) is 25.2 Å². The average molecular weight is 360 g/mol. The second-order valence-electron chi connectivity index (χ2n) is 7.30. The number of carbonyl (C=O) groups excluding carboxylic acids is 1. The topological polar surface area (TPSA) is 107 Å². The van der Waals surface area contributed by atoms with Crippen molar-refractivity contribution >= 4 is 5.78 Å². The van der Waals surface area contributed by atoms with Crippen LogP contribution < -0.4 is 0 Å². The van der Waals surface area contributed by atoms with E-state index in [1.54, 1.807) is 0 Å². The molecular weight excluding hydrogens is 324 g/mol. The lowest BCUT2D eigenvalue weighted by atomic mass is 9.89. The number of aliphatic hydroxyl groups is 4. The van der Waals surface area contributed by atoms with Gasteiger partial charge in [0.1, 0.15) is 18.3 Å². The fraction of sp³-hybridized carbons (Fsp3) is 0.947. The number of Topliss-reactive ketones (excluding diaryl/α,β-unsaturated/α-hetero) is 1. The van der Waals surface area contributed by atoms with Crippen LogP contribution in [0.3, 0.4) is 0 Å². The predicted molar refractivity (Wildman–Crippen MR) is 95.0 cm³/mol. The van der Waals surface area contributed by atoms with Crippen molar-refractivity contribution in [1.82, 2.24) is 0 Å². The molecule has 148 valence electrons. The van der Waals surface area contributed by atoms with Gasteiger partial charge in [0.25, 0.3) is 5.79 Å². The van der Waals surface area contributed by atoms with E-state index in [0.717, 1.165) is 19.3 Å². The number of ether oxygens (including phenoxy) is 1. The maximum atomic E-state index is 12.2. The maximum absolute atomic E-state index is 12.2. The van der Waals surface area contributed by atoms with Crippen molar-refractivity contribution in [3.63, 3.8) is 0 Å². The largest absolute Gasteiger partial charge is 0.388 e. The fourth-order valence-corrected chi connectivity index (χ4v) is 3.30. The molecule has 5 atom stereocenters. The third-order valence-electron chi connectivity index (χ3n) is 5.08. The minimum absolute atomic E-state index is 0.0829. The van der Waals surface area contributed by atoms with Crippen LogP contribution in [0.1, 0.15) is 84.5 Å². The van der Waals surface area contributed by atoms with Crippen LogP contribution in [-0.4, -0.2) is 56.4 Å². The molecule has 1 heterocycles. The quantitative estimate of drug-likeness (QED) is 0.397. The van der Waals surface area contributed by atoms with Crippen molar-refractivity contribution in [1.29, 1.82) is 0 Å². The van der Waals surface area contributed by atoms with E-state index in [1.165, 1.54) is 45.4 Å². The van der Waals surface area contributed by atoms with Crippen molar-refractivity contribution in [3.8, 4) is 0 Å². The van der Waals surface area contributed by atoms with Gasteiger partial charge in [-0.2, -0.15) is 0 Å². The summed E-state index contributed by atoms with van der Waals surface area (Å²) in [5.74, 6) is -3.07. The molecule has 0 spiro atoms. The maximum Gasteiger partial charge on any atom is 0.256 e. The van der Waals surface area contributed by atoms with Crippen LogP contribution in [0.2, 0.25) is 0 Å². The van der Waals surface area contributed by atoms with Crippen LogP contribution in [0, 0.1) is 0 Å². The van der Waals surface area contributed by atoms with Gasteiger partial charge in [-0.3, -0.25) is 4.79 Å². The Morgan fingerprint density at radius 3 is 1.88 bits per heavy atom. The van der Waals surface area contributed by atoms with E-state index >= 15 is 0 Å². The van der Waals surface area contributed by atoms with Crippen LogP contribution in [-0.2, 0) is 9.53 Å². The van der Waals surface area contributed by atoms with Gasteiger partial charge in [0.05, 0.1) is 6.10 Å². The number of carbonyl (C=O) groups is 1. The zero-order valence-electron chi connectivity index (χ0n) is 15.7. The molecule has 4 N–H and O–H groups in total. The molecule has 1 aliphatic rings. The molecule has 1 saturated heterocycles. The normalized spacial score (nSPS) is 32.7. The molecule has 0 saturated carbocycles. The Morgan fingerprint density at radius 1 is 0.880 bits per heavy atom. The fourth-order valence-electron chi connectivity index (χ4n) is 3.30. The van der Waals surface area contributed by atoms with Crippen LogP contribution in [0.15, 0.2) is 0 Å². The van der Waals surface area contributed by atoms with Gasteiger partial charge in [-0.25, -0.2) is 0 Å². The monoisotopic (exact) mass is 360 g/mol. The Bertz CT molecular complexity index is 388. The lowest BCUT2D eigenvalue weighted by Crippen LogP contribution is -2.66. The molecule has 0 bridgehead atoms. The van der Waals surface area contributed by atoms with E-state index in [1.807, 2.05) is 0 Å². The molecule has 0 aromatic carbocycles. The third kappa shape index (κ3) is 6.61. The molecule has 1 fully saturated rings. The van der Waals surface area contributed by atoms with E-state index in [-0.39, 0.29) is 6.42 Å². The Morgan fingerprint density at radius 2 is 1.36 bits per heavy atom. The molecule has 0 aliphatic carbocycles. The summed E-state index contributed by atoms with van der Waals surface area (Å²) >= 11 is 0. The highest BCUT2D eigenvalue weighted by molar-refractivity contribution is 5.86. The van der Waals surface area contributed by atoms with Crippen molar-refractivity contribution in [2.75, 3.05) is 0 Å². The highest BCUT2D eigenvalue weighted by Crippen LogP contribution is 2.30. The number of hydrogen-bond donors (Lipinski definition) is 4. The molecule has 0 radical (unpaired) electrons. The van der Waals surface area contributed by atoms with Crippen LogP contribution in [0.25, 0.3) is 0 Å². The molecule has 0 aromatic rings. The van der Waals surface area contributed by atoms with Crippen molar-refractivity contribution < 1.29 is 30.0 Å². The van der Waals surface area contributed by atoms with Crippen molar-refractivity contribution in [2.45, 2.75) is 115 Å². The van der Waals surface area contributed by atoms with Gasteiger partial charge in [-0.1, -0.05) is 64.7 Å². The summed E-state index contributed by atoms with van der Waals surface area (Å²) in [5, 5.41) is 39.6. The van der Waals surface area contributed by atoms with Gasteiger partial charge in [-0.05, 0) is 13.3 Å². The molecule has 0 amide bonds. The number of aliphatic hydroxyl groups excluding tert-OH is 3. The Labute approximate surface area is 151 Å². The van der Waals surface area contributed by atoms with E-state index in [4.69, 9.17) is 4.74 Å². The second kappa shape index (κ2) is 11.2. The van der Waals surface area contributed by atoms with Crippen molar-refractivity contribution in [2.24, 2.45) is 0 Å². The number of rotatable bonds is 12. The van der Waals surface area contributed by atoms with Crippen LogP contribution in [0.5, 0.6) is 0 Å². The summed E-state index contributed by atoms with van der Waals surface area (Å²) in [6.45, 7) is 3.65. The van der Waals surface area contributed by atoms with Gasteiger partial charge < -0.3 is 25.2 Å². The lowest BCUT2D eigenvalue weighted by molar-refractivity contribution is -0.324. The van der Waals surface area contributed by atoms with E-state index < -0.39 is 36.0 Å². The Hall–Kier alpha value is -0.530.